The van der Waals surface area contributed by atoms with Gasteiger partial charge in [-0.05, 0) is 0 Å². The molecular weight excluding hydrogens is 381 g/mol. The van der Waals surface area contributed by atoms with Crippen molar-refractivity contribution in [3.05, 3.63) is 29.8 Å². The van der Waals surface area contributed by atoms with E-state index < -0.39 is 17.8 Å². The highest BCUT2D eigenvalue weighted by molar-refractivity contribution is 5.90. The topological polar surface area (TPSA) is 140 Å². The highest BCUT2D eigenvalue weighted by Crippen LogP contribution is 2.34. The van der Waals surface area contributed by atoms with Gasteiger partial charge in [-0.15, -0.1) is 10.2 Å². The first-order chi connectivity index (χ1) is 13.3. The number of rotatable bonds is 6. The summed E-state index contributed by atoms with van der Waals surface area (Å²) >= 11 is 0. The number of nitrogens with one attached hydrogen (secondary N) is 3. The Kier molecular flexibility index (Phi) is 5.84. The molecule has 13 heteroatoms. The molecule has 1 aliphatic rings. The predicted molar refractivity (Wildman–Crippen MR) is 92.0 cm³/mol. The molecule has 1 aliphatic heterocycles. The van der Waals surface area contributed by atoms with Gasteiger partial charge in [0.25, 0.3) is 5.91 Å². The lowest BCUT2D eigenvalue weighted by molar-refractivity contribution is -0.141. The third-order valence-electron chi connectivity index (χ3n) is 3.75. The smallest absolute Gasteiger partial charge is 0.380 e. The lowest BCUT2D eigenvalue weighted by Gasteiger charge is -2.24. The van der Waals surface area contributed by atoms with Crippen molar-refractivity contribution in [1.82, 2.24) is 25.5 Å². The van der Waals surface area contributed by atoms with Crippen LogP contribution in [0.25, 0.3) is 0 Å². The predicted octanol–water partition coefficient (Wildman–Crippen LogP) is 0.528. The molecular formula is C15H17F3N8O2. The molecule has 0 saturated carbocycles. The van der Waals surface area contributed by atoms with Gasteiger partial charge in [0.15, 0.2) is 11.5 Å². The summed E-state index contributed by atoms with van der Waals surface area (Å²) < 4.78 is 45.1. The van der Waals surface area contributed by atoms with Gasteiger partial charge in [0.2, 0.25) is 0 Å². The molecule has 1 atom stereocenters. The normalized spacial score (nSPS) is 17.2. The number of nitrogens with two attached hydrogens (primary N) is 1. The number of aromatic nitrogens is 4. The highest BCUT2D eigenvalue weighted by Gasteiger charge is 2.36. The molecule has 2 aromatic heterocycles. The third kappa shape index (κ3) is 5.01. The number of halogens is 3. The Balaban J connectivity index is 1.77. The minimum atomic E-state index is -4.68. The SMILES string of the molecule is NC(=O)c1cnc(Nc2cc(NC[C@H]3CNCCO3)c(C(F)(F)F)nn2)cn1. The van der Waals surface area contributed by atoms with Crippen LogP contribution in [0.5, 0.6) is 0 Å². The van der Waals surface area contributed by atoms with Crippen LogP contribution in [0.2, 0.25) is 0 Å². The summed E-state index contributed by atoms with van der Waals surface area (Å²) in [5, 5.41) is 15.3. The van der Waals surface area contributed by atoms with E-state index in [-0.39, 0.29) is 35.7 Å². The van der Waals surface area contributed by atoms with Crippen LogP contribution in [-0.4, -0.2) is 58.4 Å². The Morgan fingerprint density at radius 3 is 2.71 bits per heavy atom. The molecule has 0 aliphatic carbocycles. The number of morpholine rings is 1. The van der Waals surface area contributed by atoms with Gasteiger partial charge >= 0.3 is 6.18 Å². The Bertz CT molecular complexity index is 825. The lowest BCUT2D eigenvalue weighted by atomic mass is 10.2. The molecule has 5 N–H and O–H groups in total. The summed E-state index contributed by atoms with van der Waals surface area (Å²) in [6.07, 6.45) is -2.61. The van der Waals surface area contributed by atoms with Crippen molar-refractivity contribution in [3.63, 3.8) is 0 Å². The number of carbonyl (C=O) groups excluding carboxylic acids is 1. The maximum atomic E-state index is 13.2. The van der Waals surface area contributed by atoms with Gasteiger partial charge in [0, 0.05) is 25.7 Å². The van der Waals surface area contributed by atoms with Crippen LogP contribution in [0.3, 0.4) is 0 Å². The number of anilines is 3. The molecule has 0 radical (unpaired) electrons. The first-order valence-corrected chi connectivity index (χ1v) is 8.23. The summed E-state index contributed by atoms with van der Waals surface area (Å²) in [5.74, 6) is -0.580. The molecule has 0 unspecified atom stereocenters. The number of nitrogens with zero attached hydrogens (tertiary/aromatic N) is 4. The highest BCUT2D eigenvalue weighted by atomic mass is 19.4. The van der Waals surface area contributed by atoms with E-state index in [1.54, 1.807) is 0 Å². The average molecular weight is 398 g/mol. The van der Waals surface area contributed by atoms with Crippen LogP contribution in [0.1, 0.15) is 16.2 Å². The van der Waals surface area contributed by atoms with E-state index in [1.807, 2.05) is 0 Å². The van der Waals surface area contributed by atoms with Gasteiger partial charge in [-0.2, -0.15) is 13.2 Å². The average Bonchev–Trinajstić information content (AvgIpc) is 2.67. The van der Waals surface area contributed by atoms with Gasteiger partial charge in [-0.3, -0.25) is 4.79 Å². The van der Waals surface area contributed by atoms with Crippen molar-refractivity contribution in [1.29, 1.82) is 0 Å². The fraction of sp³-hybridized carbons (Fsp3) is 0.400. The molecule has 1 amide bonds. The Morgan fingerprint density at radius 2 is 2.11 bits per heavy atom. The zero-order valence-electron chi connectivity index (χ0n) is 14.5. The van der Waals surface area contributed by atoms with E-state index in [0.29, 0.717) is 19.7 Å². The Morgan fingerprint density at radius 1 is 1.29 bits per heavy atom. The molecule has 1 saturated heterocycles. The molecule has 1 fully saturated rings. The van der Waals surface area contributed by atoms with Crippen LogP contribution in [-0.2, 0) is 10.9 Å². The van der Waals surface area contributed by atoms with Crippen molar-refractivity contribution >= 4 is 23.2 Å². The van der Waals surface area contributed by atoms with Crippen LogP contribution in [0.4, 0.5) is 30.5 Å². The van der Waals surface area contributed by atoms with Crippen molar-refractivity contribution in [2.75, 3.05) is 36.9 Å². The summed E-state index contributed by atoms with van der Waals surface area (Å²) in [5.41, 5.74) is 3.64. The summed E-state index contributed by atoms with van der Waals surface area (Å²) in [7, 11) is 0. The molecule has 0 aromatic carbocycles. The third-order valence-corrected chi connectivity index (χ3v) is 3.75. The van der Waals surface area contributed by atoms with Crippen molar-refractivity contribution in [2.24, 2.45) is 5.73 Å². The standard InChI is InChI=1S/C15H17F3N8O2/c16-15(17,18)13-9(21-5-8-4-20-1-2-28-8)3-11(25-26-13)24-12-7-22-10(6-23-12)14(19)27/h3,6-8,20H,1-2,4-5H2,(H2,19,27)(H2,21,23,24,25)/t8-/m1/s1. The molecule has 2 aromatic rings. The zero-order chi connectivity index (χ0) is 20.1. The van der Waals surface area contributed by atoms with Crippen molar-refractivity contribution in [2.45, 2.75) is 12.3 Å². The molecule has 3 heterocycles. The number of amides is 1. The summed E-state index contributed by atoms with van der Waals surface area (Å²) in [6.45, 7) is 1.87. The summed E-state index contributed by atoms with van der Waals surface area (Å²) in [6, 6.07) is 1.16. The largest absolute Gasteiger partial charge is 0.437 e. The second-order valence-corrected chi connectivity index (χ2v) is 5.84. The van der Waals surface area contributed by atoms with Crippen molar-refractivity contribution in [3.8, 4) is 0 Å². The Hall–Kier alpha value is -3.06. The monoisotopic (exact) mass is 398 g/mol. The molecule has 0 bridgehead atoms. The van der Waals surface area contributed by atoms with E-state index >= 15 is 0 Å². The van der Waals surface area contributed by atoms with Gasteiger partial charge in [0.05, 0.1) is 30.8 Å². The number of primary amides is 1. The first-order valence-electron chi connectivity index (χ1n) is 8.23. The molecule has 0 spiro atoms. The fourth-order valence-electron chi connectivity index (χ4n) is 2.42. The quantitative estimate of drug-likeness (QED) is 0.548. The van der Waals surface area contributed by atoms with E-state index in [1.165, 1.54) is 6.20 Å². The molecule has 150 valence electrons. The van der Waals surface area contributed by atoms with Gasteiger partial charge in [-0.1, -0.05) is 0 Å². The zero-order valence-corrected chi connectivity index (χ0v) is 14.5. The second-order valence-electron chi connectivity index (χ2n) is 5.84. The number of hydrogen-bond acceptors (Lipinski definition) is 9. The maximum absolute atomic E-state index is 13.2. The fourth-order valence-corrected chi connectivity index (χ4v) is 2.42. The van der Waals surface area contributed by atoms with Gasteiger partial charge in [0.1, 0.15) is 11.5 Å². The van der Waals surface area contributed by atoms with E-state index in [2.05, 4.69) is 36.1 Å². The number of carbonyl (C=O) groups is 1. The molecule has 28 heavy (non-hydrogen) atoms. The molecule has 10 nitrogen and oxygen atoms in total. The number of alkyl halides is 3. The molecule has 3 rings (SSSR count). The van der Waals surface area contributed by atoms with Crippen molar-refractivity contribution < 1.29 is 22.7 Å². The van der Waals surface area contributed by atoms with Gasteiger partial charge in [-0.25, -0.2) is 9.97 Å². The Labute approximate surface area is 157 Å². The van der Waals surface area contributed by atoms with Crippen LogP contribution >= 0.6 is 0 Å². The number of hydrogen-bond donors (Lipinski definition) is 4. The van der Waals surface area contributed by atoms with Gasteiger partial charge < -0.3 is 26.4 Å². The van der Waals surface area contributed by atoms with Crippen LogP contribution in [0.15, 0.2) is 18.5 Å². The minimum Gasteiger partial charge on any atom is -0.380 e. The van der Waals surface area contributed by atoms with E-state index in [9.17, 15) is 18.0 Å². The second kappa shape index (κ2) is 8.31. The maximum Gasteiger partial charge on any atom is 0.437 e. The lowest BCUT2D eigenvalue weighted by Crippen LogP contribution is -2.42. The minimum absolute atomic E-state index is 0.0133. The van der Waals surface area contributed by atoms with E-state index in [4.69, 9.17) is 10.5 Å². The number of ether oxygens (including phenoxy) is 1. The van der Waals surface area contributed by atoms with Crippen LogP contribution in [0, 0.1) is 0 Å². The first kappa shape index (κ1) is 19.7. The summed E-state index contributed by atoms with van der Waals surface area (Å²) in [4.78, 5) is 18.7. The van der Waals surface area contributed by atoms with Crippen LogP contribution < -0.4 is 21.7 Å². The van der Waals surface area contributed by atoms with E-state index in [0.717, 1.165) is 12.3 Å².